The maximum Gasteiger partial charge on any atom is 0.311 e. The molecule has 23 heavy (non-hydrogen) atoms. The molecule has 3 aliphatic rings. The van der Waals surface area contributed by atoms with E-state index in [0.29, 0.717) is 12.5 Å². The monoisotopic (exact) mass is 360 g/mol. The second kappa shape index (κ2) is 6.81. The van der Waals surface area contributed by atoms with Crippen molar-refractivity contribution in [2.75, 3.05) is 11.9 Å². The molecular formula is C16H19Cl2FN2O2. The summed E-state index contributed by atoms with van der Waals surface area (Å²) < 4.78 is 19.5. The third kappa shape index (κ3) is 3.26. The average Bonchev–Trinajstić information content (AvgIpc) is 2.53. The molecule has 0 aromatic carbocycles. The highest BCUT2D eigenvalue weighted by atomic mass is 35.5. The summed E-state index contributed by atoms with van der Waals surface area (Å²) in [6, 6.07) is 1.25. The van der Waals surface area contributed by atoms with Gasteiger partial charge in [0.25, 0.3) is 0 Å². The van der Waals surface area contributed by atoms with Gasteiger partial charge in [-0.1, -0.05) is 23.2 Å². The van der Waals surface area contributed by atoms with Crippen molar-refractivity contribution in [3.05, 3.63) is 22.2 Å². The summed E-state index contributed by atoms with van der Waals surface area (Å²) in [5.41, 5.74) is 0.196. The van der Waals surface area contributed by atoms with E-state index < -0.39 is 5.82 Å². The van der Waals surface area contributed by atoms with Crippen LogP contribution in [0.5, 0.6) is 0 Å². The predicted octanol–water partition coefficient (Wildman–Crippen LogP) is 4.31. The van der Waals surface area contributed by atoms with Crippen molar-refractivity contribution in [1.29, 1.82) is 0 Å². The molecule has 126 valence electrons. The second-order valence-corrected chi connectivity index (χ2v) is 6.97. The second-order valence-electron chi connectivity index (χ2n) is 6.22. The summed E-state index contributed by atoms with van der Waals surface area (Å²) in [5.74, 6) is -0.495. The lowest BCUT2D eigenvalue weighted by molar-refractivity contribution is -0.154. The van der Waals surface area contributed by atoms with Gasteiger partial charge in [-0.3, -0.25) is 4.79 Å². The average molecular weight is 361 g/mol. The molecule has 0 spiro atoms. The summed E-state index contributed by atoms with van der Waals surface area (Å²) >= 11 is 11.6. The molecule has 2 bridgehead atoms. The molecule has 4 nitrogen and oxygen atoms in total. The fourth-order valence-electron chi connectivity index (χ4n) is 3.99. The number of nitrogens with one attached hydrogen (secondary N) is 1. The summed E-state index contributed by atoms with van der Waals surface area (Å²) in [4.78, 5) is 16.1. The van der Waals surface area contributed by atoms with Gasteiger partial charge in [-0.2, -0.15) is 0 Å². The molecule has 0 saturated heterocycles. The third-order valence-corrected chi connectivity index (χ3v) is 5.43. The van der Waals surface area contributed by atoms with Gasteiger partial charge in [-0.25, -0.2) is 9.37 Å². The van der Waals surface area contributed by atoms with E-state index in [0.717, 1.165) is 25.7 Å². The van der Waals surface area contributed by atoms with E-state index in [-0.39, 0.29) is 39.8 Å². The Kier molecular flexibility index (Phi) is 4.97. The topological polar surface area (TPSA) is 51.2 Å². The van der Waals surface area contributed by atoms with Crippen LogP contribution < -0.4 is 5.32 Å². The highest BCUT2D eigenvalue weighted by Crippen LogP contribution is 2.47. The lowest BCUT2D eigenvalue weighted by Crippen LogP contribution is -2.52. The number of hydrogen-bond acceptors (Lipinski definition) is 4. The maximum atomic E-state index is 14.2. The van der Waals surface area contributed by atoms with E-state index >= 15 is 0 Å². The standard InChI is InChI=1S/C16H19Cl2FN2O2/c1-2-23-16(22)12-8-3-5-9(6-4-8)14(12)20-10-7-11(17)21-15(18)13(10)19/h7-9,12,14H,2-6H2,1H3,(H,20,21)/t8?,9?,12-,14-/m0/s1. The van der Waals surface area contributed by atoms with Gasteiger partial charge in [0.15, 0.2) is 11.0 Å². The number of anilines is 1. The third-order valence-electron chi connectivity index (χ3n) is 4.99. The Morgan fingerprint density at radius 2 is 2.00 bits per heavy atom. The van der Waals surface area contributed by atoms with Gasteiger partial charge in [0.1, 0.15) is 5.15 Å². The molecule has 4 rings (SSSR count). The smallest absolute Gasteiger partial charge is 0.311 e. The van der Waals surface area contributed by atoms with Crippen LogP contribution in [0.25, 0.3) is 0 Å². The number of carbonyl (C=O) groups is 1. The van der Waals surface area contributed by atoms with Gasteiger partial charge in [-0.05, 0) is 44.4 Å². The largest absolute Gasteiger partial charge is 0.466 e. The number of halogens is 3. The number of rotatable bonds is 4. The zero-order valence-electron chi connectivity index (χ0n) is 12.8. The fraction of sp³-hybridized carbons (Fsp3) is 0.625. The van der Waals surface area contributed by atoms with E-state index in [9.17, 15) is 9.18 Å². The molecule has 1 aromatic rings. The number of nitrogens with zero attached hydrogens (tertiary/aromatic N) is 1. The summed E-state index contributed by atoms with van der Waals surface area (Å²) in [6.45, 7) is 2.14. The minimum atomic E-state index is -0.639. The van der Waals surface area contributed by atoms with E-state index in [1.54, 1.807) is 6.92 Å². The van der Waals surface area contributed by atoms with Gasteiger partial charge in [0, 0.05) is 12.1 Å². The molecule has 1 N–H and O–H groups in total. The van der Waals surface area contributed by atoms with Crippen molar-refractivity contribution in [3.63, 3.8) is 0 Å². The van der Waals surface area contributed by atoms with Crippen LogP contribution in [-0.2, 0) is 9.53 Å². The first kappa shape index (κ1) is 16.8. The number of aromatic nitrogens is 1. The van der Waals surface area contributed by atoms with Crippen molar-refractivity contribution in [1.82, 2.24) is 4.98 Å². The first-order valence-electron chi connectivity index (χ1n) is 7.96. The Bertz CT molecular complexity index is 606. The van der Waals surface area contributed by atoms with Crippen LogP contribution in [0.15, 0.2) is 6.07 Å². The molecular weight excluding hydrogens is 342 g/mol. The summed E-state index contributed by atoms with van der Waals surface area (Å²) in [5, 5.41) is 3.02. The molecule has 0 aliphatic heterocycles. The maximum absolute atomic E-state index is 14.2. The van der Waals surface area contributed by atoms with Gasteiger partial charge in [-0.15, -0.1) is 0 Å². The molecule has 1 aromatic heterocycles. The van der Waals surface area contributed by atoms with Gasteiger partial charge >= 0.3 is 5.97 Å². The molecule has 0 unspecified atom stereocenters. The number of fused-ring (bicyclic) bond motifs is 3. The van der Waals surface area contributed by atoms with E-state index in [2.05, 4.69) is 10.3 Å². The van der Waals surface area contributed by atoms with Crippen LogP contribution >= 0.6 is 23.2 Å². The van der Waals surface area contributed by atoms with Gasteiger partial charge in [0.2, 0.25) is 0 Å². The quantitative estimate of drug-likeness (QED) is 0.642. The Labute approximate surface area is 144 Å². The molecule has 0 radical (unpaired) electrons. The van der Waals surface area contributed by atoms with Crippen LogP contribution in [0.2, 0.25) is 10.3 Å². The number of esters is 1. The van der Waals surface area contributed by atoms with Gasteiger partial charge < -0.3 is 10.1 Å². The zero-order valence-corrected chi connectivity index (χ0v) is 14.3. The normalized spacial score (nSPS) is 29.4. The fourth-order valence-corrected chi connectivity index (χ4v) is 4.42. The highest BCUT2D eigenvalue weighted by molar-refractivity contribution is 6.33. The molecule has 1 heterocycles. The number of hydrogen-bond donors (Lipinski definition) is 1. The number of pyridine rings is 1. The van der Waals surface area contributed by atoms with Crippen LogP contribution in [-0.4, -0.2) is 23.6 Å². The molecule has 0 amide bonds. The predicted molar refractivity (Wildman–Crippen MR) is 87.2 cm³/mol. The lowest BCUT2D eigenvalue weighted by atomic mass is 9.61. The van der Waals surface area contributed by atoms with Crippen molar-refractivity contribution < 1.29 is 13.9 Å². The number of carbonyl (C=O) groups excluding carboxylic acids is 1. The van der Waals surface area contributed by atoms with Crippen molar-refractivity contribution in [2.45, 2.75) is 38.6 Å². The molecule has 7 heteroatoms. The number of ether oxygens (including phenoxy) is 1. The van der Waals surface area contributed by atoms with Crippen molar-refractivity contribution in [2.24, 2.45) is 17.8 Å². The van der Waals surface area contributed by atoms with Crippen molar-refractivity contribution >= 4 is 34.9 Å². The van der Waals surface area contributed by atoms with Crippen LogP contribution in [0, 0.1) is 23.6 Å². The summed E-state index contributed by atoms with van der Waals surface area (Å²) in [6.07, 6.45) is 4.11. The minimum absolute atomic E-state index is 0.118. The van der Waals surface area contributed by atoms with Crippen LogP contribution in [0.3, 0.4) is 0 Å². The minimum Gasteiger partial charge on any atom is -0.466 e. The molecule has 3 fully saturated rings. The first-order chi connectivity index (χ1) is 11.0. The molecule has 2 atom stereocenters. The Hall–Kier alpha value is -1.07. The highest BCUT2D eigenvalue weighted by Gasteiger charge is 2.48. The first-order valence-corrected chi connectivity index (χ1v) is 8.71. The molecule has 3 saturated carbocycles. The Morgan fingerprint density at radius 1 is 1.35 bits per heavy atom. The lowest BCUT2D eigenvalue weighted by Gasteiger charge is -2.47. The van der Waals surface area contributed by atoms with Gasteiger partial charge in [0.05, 0.1) is 18.2 Å². The summed E-state index contributed by atoms with van der Waals surface area (Å²) in [7, 11) is 0. The van der Waals surface area contributed by atoms with Crippen LogP contribution in [0.4, 0.5) is 10.1 Å². The molecule has 3 aliphatic carbocycles. The Morgan fingerprint density at radius 3 is 2.65 bits per heavy atom. The Balaban J connectivity index is 1.88. The SMILES string of the molecule is CCOC(=O)[C@H]1C2CCC(CC2)[C@@H]1Nc1cc(Cl)nc(Cl)c1F. The van der Waals surface area contributed by atoms with E-state index in [4.69, 9.17) is 27.9 Å². The van der Waals surface area contributed by atoms with Crippen LogP contribution in [0.1, 0.15) is 32.6 Å². The van der Waals surface area contributed by atoms with Crippen molar-refractivity contribution in [3.8, 4) is 0 Å². The van der Waals surface area contributed by atoms with E-state index in [1.165, 1.54) is 6.07 Å². The zero-order chi connectivity index (χ0) is 16.6. The van der Waals surface area contributed by atoms with E-state index in [1.807, 2.05) is 0 Å².